The Bertz CT molecular complexity index is 399. The van der Waals surface area contributed by atoms with Gasteiger partial charge in [-0.2, -0.15) is 0 Å². The molecule has 0 aliphatic rings. The summed E-state index contributed by atoms with van der Waals surface area (Å²) in [4.78, 5) is 11.4. The second-order valence-corrected chi connectivity index (χ2v) is 2.81. The van der Waals surface area contributed by atoms with Crippen LogP contribution in [0.2, 0.25) is 0 Å². The Morgan fingerprint density at radius 1 is 1.25 bits per heavy atom. The molecule has 1 rings (SSSR count). The predicted octanol–water partition coefficient (Wildman–Crippen LogP) is 1.05. The van der Waals surface area contributed by atoms with Crippen molar-refractivity contribution in [3.63, 3.8) is 0 Å². The third-order valence-electron chi connectivity index (χ3n) is 1.66. The summed E-state index contributed by atoms with van der Waals surface area (Å²) in [5.41, 5.74) is 10.8. The van der Waals surface area contributed by atoms with Crippen LogP contribution in [-0.4, -0.2) is 6.09 Å². The zero-order valence-electron chi connectivity index (χ0n) is 8.59. The van der Waals surface area contributed by atoms with Crippen LogP contribution in [0, 0.1) is 0 Å². The van der Waals surface area contributed by atoms with Gasteiger partial charge in [-0.1, -0.05) is 18.2 Å². The van der Waals surface area contributed by atoms with E-state index < -0.39 is 6.09 Å². The number of allylic oxidation sites excluding steroid dienone is 1. The van der Waals surface area contributed by atoms with E-state index in [0.29, 0.717) is 11.4 Å². The quantitative estimate of drug-likeness (QED) is 0.663. The first kappa shape index (κ1) is 11.6. The molecule has 5 nitrogen and oxygen atoms in total. The summed E-state index contributed by atoms with van der Waals surface area (Å²) < 4.78 is 4.97. The van der Waals surface area contributed by atoms with E-state index in [1.54, 1.807) is 24.3 Å². The summed E-state index contributed by atoms with van der Waals surface area (Å²) >= 11 is 0. The normalized spacial score (nSPS) is 11.4. The van der Waals surface area contributed by atoms with Crippen LogP contribution in [0.25, 0.3) is 0 Å². The first-order chi connectivity index (χ1) is 7.76. The van der Waals surface area contributed by atoms with Gasteiger partial charge in [0.2, 0.25) is 0 Å². The molecule has 0 unspecified atom stereocenters. The molecule has 0 saturated carbocycles. The minimum atomic E-state index is -0.624. The van der Waals surface area contributed by atoms with Crippen molar-refractivity contribution >= 4 is 6.09 Å². The SMILES string of the molecule is N/C=C\C(=C/N)NC(=O)Oc1ccccc1. The van der Waals surface area contributed by atoms with Gasteiger partial charge in [-0.05, 0) is 24.4 Å². The number of nitrogens with one attached hydrogen (secondary N) is 1. The van der Waals surface area contributed by atoms with Gasteiger partial charge in [0.05, 0.1) is 5.70 Å². The van der Waals surface area contributed by atoms with Gasteiger partial charge in [0.15, 0.2) is 0 Å². The molecule has 0 saturated heterocycles. The maximum Gasteiger partial charge on any atom is 0.417 e. The molecule has 0 radical (unpaired) electrons. The van der Waals surface area contributed by atoms with E-state index in [1.807, 2.05) is 6.07 Å². The third-order valence-corrected chi connectivity index (χ3v) is 1.66. The van der Waals surface area contributed by atoms with Gasteiger partial charge in [0.1, 0.15) is 5.75 Å². The average Bonchev–Trinajstić information content (AvgIpc) is 2.29. The lowest BCUT2D eigenvalue weighted by atomic mass is 10.3. The number of nitrogens with two attached hydrogens (primary N) is 2. The van der Waals surface area contributed by atoms with Crippen LogP contribution in [0.5, 0.6) is 5.75 Å². The molecule has 5 N–H and O–H groups in total. The van der Waals surface area contributed by atoms with E-state index >= 15 is 0 Å². The number of hydrogen-bond donors (Lipinski definition) is 3. The molecule has 0 aliphatic heterocycles. The fourth-order valence-electron chi connectivity index (χ4n) is 0.981. The number of hydrogen-bond acceptors (Lipinski definition) is 4. The lowest BCUT2D eigenvalue weighted by Crippen LogP contribution is -2.26. The standard InChI is InChI=1S/C11H13N3O2/c12-7-6-9(8-13)14-11(15)16-10-4-2-1-3-5-10/h1-8H,12-13H2,(H,14,15)/b7-6-,9-8+. The molecule has 1 aromatic rings. The van der Waals surface area contributed by atoms with Crippen molar-refractivity contribution in [3.8, 4) is 5.75 Å². The molecule has 0 bridgehead atoms. The van der Waals surface area contributed by atoms with Gasteiger partial charge >= 0.3 is 6.09 Å². The topological polar surface area (TPSA) is 90.4 Å². The first-order valence-electron chi connectivity index (χ1n) is 4.60. The number of benzene rings is 1. The van der Waals surface area contributed by atoms with Gasteiger partial charge < -0.3 is 16.2 Å². The summed E-state index contributed by atoms with van der Waals surface area (Å²) in [6, 6.07) is 8.70. The number of carbonyl (C=O) groups excluding carboxylic acids is 1. The van der Waals surface area contributed by atoms with Crippen LogP contribution in [0.15, 0.2) is 54.5 Å². The fraction of sp³-hybridized carbons (Fsp3) is 0. The highest BCUT2D eigenvalue weighted by Gasteiger charge is 2.04. The molecule has 1 aromatic carbocycles. The Morgan fingerprint density at radius 2 is 1.94 bits per heavy atom. The maximum atomic E-state index is 11.4. The zero-order valence-corrected chi connectivity index (χ0v) is 8.59. The number of ether oxygens (including phenoxy) is 1. The monoisotopic (exact) mass is 219 g/mol. The highest BCUT2D eigenvalue weighted by molar-refractivity contribution is 5.72. The molecule has 84 valence electrons. The van der Waals surface area contributed by atoms with E-state index in [0.717, 1.165) is 0 Å². The third kappa shape index (κ3) is 3.75. The number of rotatable bonds is 3. The highest BCUT2D eigenvalue weighted by Crippen LogP contribution is 2.08. The molecule has 0 aromatic heterocycles. The first-order valence-corrected chi connectivity index (χ1v) is 4.60. The van der Waals surface area contributed by atoms with Crippen LogP contribution in [-0.2, 0) is 0 Å². The van der Waals surface area contributed by atoms with Crippen molar-refractivity contribution in [1.82, 2.24) is 5.32 Å². The smallest absolute Gasteiger partial charge is 0.410 e. The van der Waals surface area contributed by atoms with E-state index in [2.05, 4.69) is 5.32 Å². The number of para-hydroxylation sites is 1. The van der Waals surface area contributed by atoms with Gasteiger partial charge in [-0.25, -0.2) is 4.79 Å². The van der Waals surface area contributed by atoms with Crippen molar-refractivity contribution < 1.29 is 9.53 Å². The Morgan fingerprint density at radius 3 is 2.50 bits per heavy atom. The van der Waals surface area contributed by atoms with Crippen LogP contribution in [0.1, 0.15) is 0 Å². The van der Waals surface area contributed by atoms with Crippen LogP contribution in [0.3, 0.4) is 0 Å². The molecular weight excluding hydrogens is 206 g/mol. The maximum absolute atomic E-state index is 11.4. The summed E-state index contributed by atoms with van der Waals surface area (Å²) in [5.74, 6) is 0.452. The molecule has 0 fully saturated rings. The molecule has 0 heterocycles. The number of amides is 1. The Balaban J connectivity index is 2.54. The van der Waals surface area contributed by atoms with Crippen LogP contribution < -0.4 is 21.5 Å². The predicted molar refractivity (Wildman–Crippen MR) is 61.2 cm³/mol. The summed E-state index contributed by atoms with van der Waals surface area (Å²) in [5, 5.41) is 2.42. The van der Waals surface area contributed by atoms with Crippen molar-refractivity contribution in [2.75, 3.05) is 0 Å². The molecule has 0 atom stereocenters. The van der Waals surface area contributed by atoms with E-state index in [4.69, 9.17) is 16.2 Å². The molecule has 0 aliphatic carbocycles. The van der Waals surface area contributed by atoms with Crippen LogP contribution >= 0.6 is 0 Å². The summed E-state index contributed by atoms with van der Waals surface area (Å²) in [7, 11) is 0. The molecule has 5 heteroatoms. The second-order valence-electron chi connectivity index (χ2n) is 2.81. The van der Waals surface area contributed by atoms with Gasteiger partial charge in [-0.15, -0.1) is 0 Å². The van der Waals surface area contributed by atoms with E-state index in [1.165, 1.54) is 18.5 Å². The van der Waals surface area contributed by atoms with E-state index in [-0.39, 0.29) is 0 Å². The van der Waals surface area contributed by atoms with E-state index in [9.17, 15) is 4.79 Å². The Hall–Kier alpha value is -2.43. The van der Waals surface area contributed by atoms with Gasteiger partial charge in [0.25, 0.3) is 0 Å². The Kier molecular flexibility index (Phi) is 4.46. The molecular formula is C11H13N3O2. The molecule has 16 heavy (non-hydrogen) atoms. The lowest BCUT2D eigenvalue weighted by molar-refractivity contribution is 0.204. The van der Waals surface area contributed by atoms with Crippen molar-refractivity contribution in [1.29, 1.82) is 0 Å². The van der Waals surface area contributed by atoms with Crippen LogP contribution in [0.4, 0.5) is 4.79 Å². The molecule has 1 amide bonds. The average molecular weight is 219 g/mol. The minimum Gasteiger partial charge on any atom is -0.410 e. The van der Waals surface area contributed by atoms with Gasteiger partial charge in [-0.3, -0.25) is 5.32 Å². The summed E-state index contributed by atoms with van der Waals surface area (Å²) in [6.07, 6.45) is 3.31. The van der Waals surface area contributed by atoms with Crippen molar-refractivity contribution in [2.24, 2.45) is 11.5 Å². The summed E-state index contributed by atoms with van der Waals surface area (Å²) in [6.45, 7) is 0. The zero-order chi connectivity index (χ0) is 11.8. The minimum absolute atomic E-state index is 0.364. The Labute approximate surface area is 93.4 Å². The number of carbonyl (C=O) groups is 1. The van der Waals surface area contributed by atoms with Crippen molar-refractivity contribution in [3.05, 3.63) is 54.5 Å². The van der Waals surface area contributed by atoms with Crippen molar-refractivity contribution in [2.45, 2.75) is 0 Å². The fourth-order valence-corrected chi connectivity index (χ4v) is 0.981. The van der Waals surface area contributed by atoms with Gasteiger partial charge in [0, 0.05) is 6.20 Å². The largest absolute Gasteiger partial charge is 0.417 e. The molecule has 0 spiro atoms. The second kappa shape index (κ2) is 6.13. The lowest BCUT2D eigenvalue weighted by Gasteiger charge is -2.06. The highest BCUT2D eigenvalue weighted by atomic mass is 16.6.